The highest BCUT2D eigenvalue weighted by Crippen LogP contribution is 2.64. The predicted octanol–water partition coefficient (Wildman–Crippen LogP) is 0.0761. The molecule has 3 aliphatic carbocycles. The van der Waals surface area contributed by atoms with E-state index in [1.165, 1.54) is 5.57 Å². The highest BCUT2D eigenvalue weighted by molar-refractivity contribution is 5.25. The Balaban J connectivity index is 1.54. The molecule has 4 rings (SSSR count). The van der Waals surface area contributed by atoms with Crippen LogP contribution in [0.4, 0.5) is 0 Å². The summed E-state index contributed by atoms with van der Waals surface area (Å²) in [5, 5.41) is 71.0. The lowest BCUT2D eigenvalue weighted by atomic mass is 9.44. The lowest BCUT2D eigenvalue weighted by molar-refractivity contribution is -0.310. The maximum atomic E-state index is 11.0. The SMILES string of the molecule is CC1(C(O)CO)C=C2CCC3C(C)(COC4OC(CO)C(O)C(O)C4O)CC(O)CC3(C)C2CC1. The second-order valence-electron chi connectivity index (χ2n) is 12.3. The molecule has 7 N–H and O–H groups in total. The predicted molar refractivity (Wildman–Crippen MR) is 126 cm³/mol. The maximum Gasteiger partial charge on any atom is 0.186 e. The Morgan fingerprint density at radius 1 is 1.03 bits per heavy atom. The van der Waals surface area contributed by atoms with Crippen molar-refractivity contribution in [2.24, 2.45) is 28.1 Å². The maximum absolute atomic E-state index is 11.0. The number of allylic oxidation sites excluding steroid dienone is 1. The van der Waals surface area contributed by atoms with Gasteiger partial charge < -0.3 is 45.2 Å². The molecule has 202 valence electrons. The van der Waals surface area contributed by atoms with E-state index in [0.29, 0.717) is 12.8 Å². The number of aliphatic hydroxyl groups is 7. The Hall–Kier alpha value is -0.620. The van der Waals surface area contributed by atoms with Gasteiger partial charge in [0.05, 0.1) is 32.0 Å². The van der Waals surface area contributed by atoms with Gasteiger partial charge in [-0.2, -0.15) is 0 Å². The smallest absolute Gasteiger partial charge is 0.186 e. The zero-order chi connectivity index (χ0) is 25.8. The van der Waals surface area contributed by atoms with Crippen LogP contribution in [0.5, 0.6) is 0 Å². The van der Waals surface area contributed by atoms with Crippen LogP contribution in [0.3, 0.4) is 0 Å². The summed E-state index contributed by atoms with van der Waals surface area (Å²) in [6.07, 6.45) is -1.11. The number of hydrogen-bond donors (Lipinski definition) is 7. The van der Waals surface area contributed by atoms with Gasteiger partial charge in [0.2, 0.25) is 0 Å². The van der Waals surface area contributed by atoms with Crippen molar-refractivity contribution >= 4 is 0 Å². The van der Waals surface area contributed by atoms with Crippen LogP contribution in [-0.2, 0) is 9.47 Å². The summed E-state index contributed by atoms with van der Waals surface area (Å²) in [6.45, 7) is 5.76. The zero-order valence-corrected chi connectivity index (χ0v) is 21.1. The third-order valence-corrected chi connectivity index (χ3v) is 9.83. The molecule has 0 bridgehead atoms. The Bertz CT molecular complexity index is 789. The Morgan fingerprint density at radius 3 is 2.40 bits per heavy atom. The number of hydrogen-bond acceptors (Lipinski definition) is 9. The topological polar surface area (TPSA) is 160 Å². The molecule has 35 heavy (non-hydrogen) atoms. The van der Waals surface area contributed by atoms with Crippen LogP contribution in [0.2, 0.25) is 0 Å². The average molecular weight is 501 g/mol. The summed E-state index contributed by atoms with van der Waals surface area (Å²) >= 11 is 0. The summed E-state index contributed by atoms with van der Waals surface area (Å²) in [5.41, 5.74) is 0.256. The number of rotatable bonds is 6. The van der Waals surface area contributed by atoms with Gasteiger partial charge in [0.1, 0.15) is 24.4 Å². The summed E-state index contributed by atoms with van der Waals surface area (Å²) in [5.74, 6) is 0.499. The van der Waals surface area contributed by atoms with Crippen LogP contribution < -0.4 is 0 Å². The Labute approximate surface area is 207 Å². The van der Waals surface area contributed by atoms with Crippen LogP contribution >= 0.6 is 0 Å². The van der Waals surface area contributed by atoms with E-state index in [-0.39, 0.29) is 30.5 Å². The number of ether oxygens (including phenoxy) is 2. The highest BCUT2D eigenvalue weighted by Gasteiger charge is 2.58. The summed E-state index contributed by atoms with van der Waals surface area (Å²) in [6, 6.07) is 0. The normalized spacial score (nSPS) is 51.2. The third-order valence-electron chi connectivity index (χ3n) is 9.83. The first-order valence-corrected chi connectivity index (χ1v) is 13.0. The molecule has 0 aromatic rings. The molecule has 0 aromatic carbocycles. The molecule has 9 heteroatoms. The van der Waals surface area contributed by atoms with Gasteiger partial charge >= 0.3 is 0 Å². The first kappa shape index (κ1) is 27.4. The van der Waals surface area contributed by atoms with Crippen LogP contribution in [0.1, 0.15) is 59.3 Å². The van der Waals surface area contributed by atoms with Crippen LogP contribution in [-0.4, -0.2) is 98.5 Å². The minimum absolute atomic E-state index is 0.180. The highest BCUT2D eigenvalue weighted by atomic mass is 16.7. The van der Waals surface area contributed by atoms with Gasteiger partial charge in [0.15, 0.2) is 6.29 Å². The third kappa shape index (κ3) is 4.73. The van der Waals surface area contributed by atoms with Crippen molar-refractivity contribution in [1.82, 2.24) is 0 Å². The molecule has 0 spiro atoms. The Kier molecular flexibility index (Phi) is 7.77. The standard InChI is InChI=1S/C26H44O9/c1-24(19(30)12-28)7-6-16-14(8-24)4-5-18-25(2,9-15(29)10-26(16,18)3)13-34-23-22(33)21(32)20(31)17(11-27)35-23/h8,15-23,27-33H,4-7,9-13H2,1-3H3. The molecule has 2 saturated carbocycles. The van der Waals surface area contributed by atoms with Crippen molar-refractivity contribution in [1.29, 1.82) is 0 Å². The van der Waals surface area contributed by atoms with Crippen molar-refractivity contribution in [3.05, 3.63) is 11.6 Å². The Morgan fingerprint density at radius 2 is 1.74 bits per heavy atom. The molecule has 1 heterocycles. The van der Waals surface area contributed by atoms with Gasteiger partial charge in [-0.3, -0.25) is 0 Å². The fraction of sp³-hybridized carbons (Fsp3) is 0.923. The van der Waals surface area contributed by atoms with E-state index >= 15 is 0 Å². The largest absolute Gasteiger partial charge is 0.394 e. The fourth-order valence-electron chi connectivity index (χ4n) is 7.92. The number of fused-ring (bicyclic) bond motifs is 3. The molecule has 0 aromatic heterocycles. The summed E-state index contributed by atoms with van der Waals surface area (Å²) in [4.78, 5) is 0. The molecule has 1 saturated heterocycles. The van der Waals surface area contributed by atoms with Crippen LogP contribution in [0.25, 0.3) is 0 Å². The molecular formula is C26H44O9. The molecule has 12 unspecified atom stereocenters. The van der Waals surface area contributed by atoms with Gasteiger partial charge in [-0.15, -0.1) is 0 Å². The van der Waals surface area contributed by atoms with Crippen molar-refractivity contribution in [3.8, 4) is 0 Å². The van der Waals surface area contributed by atoms with Crippen molar-refractivity contribution in [3.63, 3.8) is 0 Å². The van der Waals surface area contributed by atoms with Gasteiger partial charge in [0.25, 0.3) is 0 Å². The number of aliphatic hydroxyl groups excluding tert-OH is 7. The molecule has 0 amide bonds. The molecule has 4 aliphatic rings. The van der Waals surface area contributed by atoms with Crippen LogP contribution in [0.15, 0.2) is 11.6 Å². The quantitative estimate of drug-likeness (QED) is 0.251. The summed E-state index contributed by atoms with van der Waals surface area (Å²) < 4.78 is 11.6. The van der Waals surface area contributed by atoms with Gasteiger partial charge in [-0.05, 0) is 61.2 Å². The van der Waals surface area contributed by atoms with E-state index in [0.717, 1.165) is 25.7 Å². The lowest BCUT2D eigenvalue weighted by Gasteiger charge is -2.61. The lowest BCUT2D eigenvalue weighted by Crippen LogP contribution is -2.60. The molecule has 12 atom stereocenters. The average Bonchev–Trinajstić information content (AvgIpc) is 2.80. The van der Waals surface area contributed by atoms with Gasteiger partial charge in [-0.25, -0.2) is 0 Å². The second-order valence-corrected chi connectivity index (χ2v) is 12.3. The van der Waals surface area contributed by atoms with Gasteiger partial charge in [0, 0.05) is 5.41 Å². The fourth-order valence-corrected chi connectivity index (χ4v) is 7.92. The monoisotopic (exact) mass is 500 g/mol. The van der Waals surface area contributed by atoms with E-state index in [9.17, 15) is 35.7 Å². The minimum Gasteiger partial charge on any atom is -0.394 e. The van der Waals surface area contributed by atoms with E-state index in [2.05, 4.69) is 19.9 Å². The van der Waals surface area contributed by atoms with E-state index in [1.54, 1.807) is 0 Å². The van der Waals surface area contributed by atoms with Gasteiger partial charge in [-0.1, -0.05) is 32.4 Å². The van der Waals surface area contributed by atoms with E-state index < -0.39 is 60.4 Å². The first-order valence-electron chi connectivity index (χ1n) is 13.0. The van der Waals surface area contributed by atoms with E-state index in [1.807, 2.05) is 6.92 Å². The van der Waals surface area contributed by atoms with E-state index in [4.69, 9.17) is 9.47 Å². The van der Waals surface area contributed by atoms with Crippen molar-refractivity contribution in [2.75, 3.05) is 19.8 Å². The minimum atomic E-state index is -1.49. The second kappa shape index (κ2) is 9.93. The zero-order valence-electron chi connectivity index (χ0n) is 21.1. The summed E-state index contributed by atoms with van der Waals surface area (Å²) in [7, 11) is 0. The first-order chi connectivity index (χ1) is 16.4. The van der Waals surface area contributed by atoms with Crippen molar-refractivity contribution in [2.45, 2.75) is 102 Å². The molecular weight excluding hydrogens is 456 g/mol. The molecule has 1 aliphatic heterocycles. The molecule has 9 nitrogen and oxygen atoms in total. The molecule has 3 fully saturated rings. The van der Waals surface area contributed by atoms with Crippen LogP contribution in [0, 0.1) is 28.1 Å². The molecule has 0 radical (unpaired) electrons. The van der Waals surface area contributed by atoms with Crippen molar-refractivity contribution < 1.29 is 45.2 Å².